The van der Waals surface area contributed by atoms with Gasteiger partial charge in [0.25, 0.3) is 5.89 Å². The maximum atomic E-state index is 5.51. The molecule has 0 fully saturated rings. The molecule has 6 nitrogen and oxygen atoms in total. The molecule has 0 bridgehead atoms. The Bertz CT molecular complexity index is 459. The third-order valence-corrected chi connectivity index (χ3v) is 2.19. The number of hydrogen-bond donors (Lipinski definition) is 2. The quantitative estimate of drug-likeness (QED) is 0.812. The second kappa shape index (κ2) is 4.44. The number of nitrogens with zero attached hydrogens (tertiary/aromatic N) is 3. The molecule has 0 aromatic carbocycles. The summed E-state index contributed by atoms with van der Waals surface area (Å²) < 4.78 is 5.51. The van der Waals surface area contributed by atoms with E-state index in [9.17, 15) is 0 Å². The molecular weight excluding hydrogens is 206 g/mol. The number of hydrogen-bond acceptors (Lipinski definition) is 5. The van der Waals surface area contributed by atoms with E-state index in [4.69, 9.17) is 4.42 Å². The van der Waals surface area contributed by atoms with E-state index in [1.807, 2.05) is 6.92 Å². The molecule has 0 unspecified atom stereocenters. The van der Waals surface area contributed by atoms with Crippen molar-refractivity contribution < 1.29 is 4.42 Å². The van der Waals surface area contributed by atoms with E-state index in [0.717, 1.165) is 11.3 Å². The lowest BCUT2D eigenvalue weighted by Gasteiger charge is -2.03. The van der Waals surface area contributed by atoms with Gasteiger partial charge in [-0.15, -0.1) is 10.2 Å². The number of aromatic amines is 1. The highest BCUT2D eigenvalue weighted by atomic mass is 16.4. The standard InChI is InChI=1S/C10H15N5O/c1-6(2)11-5-9-14-15-10(16-9)8-4-12-13-7(8)3/h4,6,11H,5H2,1-3H3,(H,12,13). The minimum Gasteiger partial charge on any atom is -0.419 e. The third-order valence-electron chi connectivity index (χ3n) is 2.19. The zero-order chi connectivity index (χ0) is 11.5. The molecule has 0 saturated heterocycles. The maximum Gasteiger partial charge on any atom is 0.251 e. The van der Waals surface area contributed by atoms with E-state index < -0.39 is 0 Å². The van der Waals surface area contributed by atoms with Gasteiger partial charge in [0.15, 0.2) is 0 Å². The van der Waals surface area contributed by atoms with E-state index in [-0.39, 0.29) is 0 Å². The molecule has 0 spiro atoms. The normalized spacial score (nSPS) is 11.2. The lowest BCUT2D eigenvalue weighted by Crippen LogP contribution is -2.21. The summed E-state index contributed by atoms with van der Waals surface area (Å²) in [6.07, 6.45) is 1.68. The first-order valence-electron chi connectivity index (χ1n) is 5.23. The summed E-state index contributed by atoms with van der Waals surface area (Å²) in [5.74, 6) is 1.09. The molecule has 0 aliphatic carbocycles. The van der Waals surface area contributed by atoms with Crippen molar-refractivity contribution >= 4 is 0 Å². The lowest BCUT2D eigenvalue weighted by atomic mass is 10.3. The highest BCUT2D eigenvalue weighted by Crippen LogP contribution is 2.19. The summed E-state index contributed by atoms with van der Waals surface area (Å²) in [6.45, 7) is 6.63. The molecule has 16 heavy (non-hydrogen) atoms. The monoisotopic (exact) mass is 221 g/mol. The number of aromatic nitrogens is 4. The molecule has 2 aromatic rings. The van der Waals surface area contributed by atoms with Crippen LogP contribution in [0.3, 0.4) is 0 Å². The Hall–Kier alpha value is -1.69. The minimum atomic E-state index is 0.394. The summed E-state index contributed by atoms with van der Waals surface area (Å²) in [5, 5.41) is 17.9. The Labute approximate surface area is 93.5 Å². The average molecular weight is 221 g/mol. The van der Waals surface area contributed by atoms with Crippen LogP contribution in [0.15, 0.2) is 10.6 Å². The predicted octanol–water partition coefficient (Wildman–Crippen LogP) is 1.27. The third kappa shape index (κ3) is 2.27. The first-order chi connectivity index (χ1) is 7.66. The predicted molar refractivity (Wildman–Crippen MR) is 58.6 cm³/mol. The Morgan fingerprint density at radius 3 is 2.88 bits per heavy atom. The van der Waals surface area contributed by atoms with Crippen molar-refractivity contribution in [3.63, 3.8) is 0 Å². The second-order valence-electron chi connectivity index (χ2n) is 3.95. The van der Waals surface area contributed by atoms with Crippen LogP contribution in [-0.4, -0.2) is 26.4 Å². The average Bonchev–Trinajstić information content (AvgIpc) is 2.83. The summed E-state index contributed by atoms with van der Waals surface area (Å²) in [5.41, 5.74) is 1.77. The van der Waals surface area contributed by atoms with Crippen LogP contribution >= 0.6 is 0 Å². The smallest absolute Gasteiger partial charge is 0.251 e. The van der Waals surface area contributed by atoms with Gasteiger partial charge in [-0.25, -0.2) is 0 Å². The van der Waals surface area contributed by atoms with Crippen LogP contribution in [0.5, 0.6) is 0 Å². The molecular formula is C10H15N5O. The minimum absolute atomic E-state index is 0.394. The Morgan fingerprint density at radius 2 is 2.25 bits per heavy atom. The maximum absolute atomic E-state index is 5.51. The van der Waals surface area contributed by atoms with Gasteiger partial charge in [-0.1, -0.05) is 13.8 Å². The topological polar surface area (TPSA) is 79.6 Å². The Kier molecular flexibility index (Phi) is 3.00. The molecule has 0 atom stereocenters. The van der Waals surface area contributed by atoms with Crippen LogP contribution in [-0.2, 0) is 6.54 Å². The van der Waals surface area contributed by atoms with Crippen molar-refractivity contribution in [3.8, 4) is 11.5 Å². The molecule has 6 heteroatoms. The van der Waals surface area contributed by atoms with E-state index in [1.54, 1.807) is 6.20 Å². The highest BCUT2D eigenvalue weighted by Gasteiger charge is 2.12. The summed E-state index contributed by atoms with van der Waals surface area (Å²) in [7, 11) is 0. The van der Waals surface area contributed by atoms with Crippen LogP contribution in [0, 0.1) is 6.92 Å². The van der Waals surface area contributed by atoms with Crippen molar-refractivity contribution in [1.82, 2.24) is 25.7 Å². The fourth-order valence-electron chi connectivity index (χ4n) is 1.29. The van der Waals surface area contributed by atoms with Crippen LogP contribution in [0.2, 0.25) is 0 Å². The van der Waals surface area contributed by atoms with Crippen molar-refractivity contribution in [2.45, 2.75) is 33.4 Å². The lowest BCUT2D eigenvalue weighted by molar-refractivity contribution is 0.458. The number of aryl methyl sites for hydroxylation is 1. The summed E-state index contributed by atoms with van der Waals surface area (Å²) in [6, 6.07) is 0.394. The Morgan fingerprint density at radius 1 is 1.44 bits per heavy atom. The van der Waals surface area contributed by atoms with Gasteiger partial charge in [0.05, 0.1) is 18.3 Å². The zero-order valence-corrected chi connectivity index (χ0v) is 9.61. The van der Waals surface area contributed by atoms with Crippen molar-refractivity contribution in [2.75, 3.05) is 0 Å². The van der Waals surface area contributed by atoms with Crippen LogP contribution in [0.4, 0.5) is 0 Å². The van der Waals surface area contributed by atoms with E-state index in [2.05, 4.69) is 39.6 Å². The van der Waals surface area contributed by atoms with Gasteiger partial charge in [-0.3, -0.25) is 5.10 Å². The zero-order valence-electron chi connectivity index (χ0n) is 9.61. The molecule has 0 radical (unpaired) electrons. The van der Waals surface area contributed by atoms with E-state index in [1.165, 1.54) is 0 Å². The largest absolute Gasteiger partial charge is 0.419 e. The number of rotatable bonds is 4. The molecule has 2 N–H and O–H groups in total. The molecule has 0 aliphatic heterocycles. The molecule has 0 amide bonds. The second-order valence-corrected chi connectivity index (χ2v) is 3.95. The summed E-state index contributed by atoms with van der Waals surface area (Å²) >= 11 is 0. The molecule has 2 heterocycles. The van der Waals surface area contributed by atoms with Gasteiger partial charge in [-0.05, 0) is 6.92 Å². The molecule has 86 valence electrons. The number of H-pyrrole nitrogens is 1. The molecule has 0 aliphatic rings. The van der Waals surface area contributed by atoms with Gasteiger partial charge in [0.2, 0.25) is 5.89 Å². The van der Waals surface area contributed by atoms with Gasteiger partial charge in [0.1, 0.15) is 0 Å². The van der Waals surface area contributed by atoms with Crippen molar-refractivity contribution in [3.05, 3.63) is 17.8 Å². The molecule has 0 saturated carbocycles. The van der Waals surface area contributed by atoms with Crippen molar-refractivity contribution in [2.24, 2.45) is 0 Å². The Balaban J connectivity index is 2.11. The van der Waals surface area contributed by atoms with Gasteiger partial charge >= 0.3 is 0 Å². The van der Waals surface area contributed by atoms with Crippen LogP contribution in [0.25, 0.3) is 11.5 Å². The molecule has 2 rings (SSSR count). The first kappa shape index (κ1) is 10.8. The highest BCUT2D eigenvalue weighted by molar-refractivity contribution is 5.53. The van der Waals surface area contributed by atoms with Crippen LogP contribution in [0.1, 0.15) is 25.4 Å². The van der Waals surface area contributed by atoms with Gasteiger partial charge in [0, 0.05) is 11.7 Å². The fraction of sp³-hybridized carbons (Fsp3) is 0.500. The summed E-state index contributed by atoms with van der Waals surface area (Å²) in [4.78, 5) is 0. The van der Waals surface area contributed by atoms with E-state index >= 15 is 0 Å². The van der Waals surface area contributed by atoms with Crippen molar-refractivity contribution in [1.29, 1.82) is 0 Å². The van der Waals surface area contributed by atoms with E-state index in [0.29, 0.717) is 24.4 Å². The fourth-order valence-corrected chi connectivity index (χ4v) is 1.29. The number of nitrogens with one attached hydrogen (secondary N) is 2. The van der Waals surface area contributed by atoms with Crippen LogP contribution < -0.4 is 5.32 Å². The first-order valence-corrected chi connectivity index (χ1v) is 5.23. The SMILES string of the molecule is Cc1[nH]ncc1-c1nnc(CNC(C)C)o1. The van der Waals surface area contributed by atoms with Gasteiger partial charge in [-0.2, -0.15) is 5.10 Å². The molecule has 2 aromatic heterocycles. The van der Waals surface area contributed by atoms with Gasteiger partial charge < -0.3 is 9.73 Å².